The summed E-state index contributed by atoms with van der Waals surface area (Å²) in [6.45, 7) is 7.61. The molecule has 172 valence electrons. The number of carbonyl (C=O) groups is 3. The predicted octanol–water partition coefficient (Wildman–Crippen LogP) is 4.20. The smallest absolute Gasteiger partial charge is 0.322 e. The van der Waals surface area contributed by atoms with E-state index in [2.05, 4.69) is 10.3 Å². The highest BCUT2D eigenvalue weighted by Gasteiger charge is 2.26. The van der Waals surface area contributed by atoms with Crippen LogP contribution in [0.1, 0.15) is 36.3 Å². The lowest BCUT2D eigenvalue weighted by molar-refractivity contribution is -0.130. The van der Waals surface area contributed by atoms with Crippen molar-refractivity contribution in [2.45, 2.75) is 33.4 Å². The summed E-state index contributed by atoms with van der Waals surface area (Å²) in [5.74, 6) is -0.145. The normalized spacial score (nSPS) is 13.9. The molecule has 0 atom stereocenters. The molecular formula is C21H25Cl2N5O3S. The van der Waals surface area contributed by atoms with E-state index in [1.54, 1.807) is 38.3 Å². The van der Waals surface area contributed by atoms with Gasteiger partial charge in [-0.25, -0.2) is 9.78 Å². The third kappa shape index (κ3) is 5.90. The second-order valence-corrected chi connectivity index (χ2v) is 9.46. The minimum absolute atomic E-state index is 0.0148. The number of amides is 4. The third-order valence-electron chi connectivity index (χ3n) is 5.14. The number of rotatable bonds is 5. The highest BCUT2D eigenvalue weighted by Crippen LogP contribution is 2.25. The molecule has 1 N–H and O–H groups in total. The van der Waals surface area contributed by atoms with Crippen LogP contribution in [0.5, 0.6) is 0 Å². The van der Waals surface area contributed by atoms with Crippen LogP contribution in [0.3, 0.4) is 0 Å². The van der Waals surface area contributed by atoms with E-state index in [0.717, 1.165) is 0 Å². The number of halogens is 2. The summed E-state index contributed by atoms with van der Waals surface area (Å²) in [7, 11) is 0. The van der Waals surface area contributed by atoms with Gasteiger partial charge in [0.2, 0.25) is 5.91 Å². The molecule has 2 heterocycles. The molecule has 0 saturated carbocycles. The van der Waals surface area contributed by atoms with Crippen LogP contribution in [0.4, 0.5) is 10.5 Å². The quantitative estimate of drug-likeness (QED) is 0.670. The summed E-state index contributed by atoms with van der Waals surface area (Å²) in [5.41, 5.74) is 0.893. The molecule has 11 heteroatoms. The van der Waals surface area contributed by atoms with Crippen molar-refractivity contribution in [1.82, 2.24) is 19.7 Å². The van der Waals surface area contributed by atoms with Gasteiger partial charge in [0.15, 0.2) is 0 Å². The summed E-state index contributed by atoms with van der Waals surface area (Å²) < 4.78 is 0. The van der Waals surface area contributed by atoms with Gasteiger partial charge in [0.05, 0.1) is 16.6 Å². The van der Waals surface area contributed by atoms with Crippen molar-refractivity contribution in [2.75, 3.05) is 31.5 Å². The molecular weight excluding hydrogens is 473 g/mol. The topological polar surface area (TPSA) is 85.9 Å². The predicted molar refractivity (Wildman–Crippen MR) is 126 cm³/mol. The van der Waals surface area contributed by atoms with Gasteiger partial charge in [-0.15, -0.1) is 11.3 Å². The lowest BCUT2D eigenvalue weighted by atomic mass is 10.3. The van der Waals surface area contributed by atoms with Crippen LogP contribution in [-0.4, -0.2) is 69.8 Å². The Morgan fingerprint density at radius 1 is 1.12 bits per heavy atom. The Morgan fingerprint density at radius 3 is 2.38 bits per heavy atom. The Kier molecular flexibility index (Phi) is 7.97. The first kappa shape index (κ1) is 24.3. The van der Waals surface area contributed by atoms with E-state index in [0.29, 0.717) is 52.6 Å². The van der Waals surface area contributed by atoms with Crippen LogP contribution in [0.2, 0.25) is 10.0 Å². The van der Waals surface area contributed by atoms with Crippen molar-refractivity contribution in [3.05, 3.63) is 44.3 Å². The number of piperazine rings is 1. The zero-order chi connectivity index (χ0) is 23.4. The minimum Gasteiger partial charge on any atom is -0.339 e. The van der Waals surface area contributed by atoms with Crippen molar-refractivity contribution < 1.29 is 14.4 Å². The maximum absolute atomic E-state index is 12.8. The first-order valence-electron chi connectivity index (χ1n) is 10.2. The molecule has 1 aromatic heterocycles. The van der Waals surface area contributed by atoms with Gasteiger partial charge in [0.1, 0.15) is 10.7 Å². The number of nitrogens with zero attached hydrogens (tertiary/aromatic N) is 4. The second-order valence-electron chi connectivity index (χ2n) is 7.71. The van der Waals surface area contributed by atoms with Crippen LogP contribution in [0.25, 0.3) is 0 Å². The fraction of sp³-hybridized carbons (Fsp3) is 0.429. The summed E-state index contributed by atoms with van der Waals surface area (Å²) >= 11 is 13.3. The highest BCUT2D eigenvalue weighted by molar-refractivity contribution is 7.09. The Hall–Kier alpha value is -2.36. The Labute approximate surface area is 201 Å². The maximum Gasteiger partial charge on any atom is 0.322 e. The standard InChI is InChI=1S/C21H25Cl2N5O3S/c1-13(2)28(21(31)24-15-4-5-16(22)17(23)10-15)11-19-25-18(12-32-19)20(30)27-8-6-26(7-9-27)14(3)29/h4-5,10,12-13H,6-9,11H2,1-3H3,(H,24,31). The van der Waals surface area contributed by atoms with E-state index < -0.39 is 0 Å². The van der Waals surface area contributed by atoms with Gasteiger partial charge in [0, 0.05) is 50.2 Å². The molecule has 1 saturated heterocycles. The van der Waals surface area contributed by atoms with Crippen LogP contribution in [-0.2, 0) is 11.3 Å². The molecule has 1 fully saturated rings. The number of carbonyl (C=O) groups excluding carboxylic acids is 3. The molecule has 1 aliphatic heterocycles. The molecule has 3 rings (SSSR count). The molecule has 4 amide bonds. The van der Waals surface area contributed by atoms with Crippen LogP contribution in [0, 0.1) is 0 Å². The molecule has 8 nitrogen and oxygen atoms in total. The Balaban J connectivity index is 1.63. The van der Waals surface area contributed by atoms with E-state index in [4.69, 9.17) is 23.2 Å². The van der Waals surface area contributed by atoms with Crippen molar-refractivity contribution in [2.24, 2.45) is 0 Å². The van der Waals surface area contributed by atoms with E-state index in [1.165, 1.54) is 18.3 Å². The van der Waals surface area contributed by atoms with Crippen molar-refractivity contribution in [1.29, 1.82) is 0 Å². The Morgan fingerprint density at radius 2 is 1.78 bits per heavy atom. The Bertz CT molecular complexity index is 1010. The first-order valence-corrected chi connectivity index (χ1v) is 11.8. The van der Waals surface area contributed by atoms with Gasteiger partial charge in [-0.1, -0.05) is 23.2 Å². The van der Waals surface area contributed by atoms with E-state index >= 15 is 0 Å². The van der Waals surface area contributed by atoms with Crippen LogP contribution in [0.15, 0.2) is 23.6 Å². The number of hydrogen-bond acceptors (Lipinski definition) is 5. The molecule has 0 bridgehead atoms. The van der Waals surface area contributed by atoms with Crippen LogP contribution < -0.4 is 5.32 Å². The summed E-state index contributed by atoms with van der Waals surface area (Å²) in [6.07, 6.45) is 0. The number of thiazole rings is 1. The number of aromatic nitrogens is 1. The fourth-order valence-electron chi connectivity index (χ4n) is 3.27. The number of anilines is 1. The third-order valence-corrected chi connectivity index (χ3v) is 6.72. The SMILES string of the molecule is CC(=O)N1CCN(C(=O)c2csc(CN(C(=O)Nc3ccc(Cl)c(Cl)c3)C(C)C)n2)CC1. The van der Waals surface area contributed by atoms with E-state index in [-0.39, 0.29) is 30.4 Å². The molecule has 0 unspecified atom stereocenters. The average Bonchev–Trinajstić information content (AvgIpc) is 3.22. The number of benzene rings is 1. The molecule has 0 aliphatic carbocycles. The van der Waals surface area contributed by atoms with Crippen molar-refractivity contribution in [3.8, 4) is 0 Å². The lowest BCUT2D eigenvalue weighted by Gasteiger charge is -2.33. The largest absolute Gasteiger partial charge is 0.339 e. The zero-order valence-corrected chi connectivity index (χ0v) is 20.4. The molecule has 1 aliphatic rings. The maximum atomic E-state index is 12.8. The van der Waals surface area contributed by atoms with E-state index in [1.807, 2.05) is 13.8 Å². The first-order chi connectivity index (χ1) is 15.2. The van der Waals surface area contributed by atoms with Gasteiger partial charge in [-0.05, 0) is 32.0 Å². The minimum atomic E-state index is -0.304. The number of nitrogens with one attached hydrogen (secondary N) is 1. The van der Waals surface area contributed by atoms with Gasteiger partial charge < -0.3 is 20.0 Å². The highest BCUT2D eigenvalue weighted by atomic mass is 35.5. The van der Waals surface area contributed by atoms with Crippen LogP contribution >= 0.6 is 34.5 Å². The molecule has 2 aromatic rings. The average molecular weight is 498 g/mol. The fourth-order valence-corrected chi connectivity index (χ4v) is 4.34. The van der Waals surface area contributed by atoms with Gasteiger partial charge in [-0.3, -0.25) is 9.59 Å². The lowest BCUT2D eigenvalue weighted by Crippen LogP contribution is -2.50. The summed E-state index contributed by atoms with van der Waals surface area (Å²) in [5, 5.41) is 5.96. The van der Waals surface area contributed by atoms with Crippen molar-refractivity contribution >= 4 is 58.1 Å². The summed E-state index contributed by atoms with van der Waals surface area (Å²) in [6, 6.07) is 4.49. The van der Waals surface area contributed by atoms with Crippen molar-refractivity contribution in [3.63, 3.8) is 0 Å². The van der Waals surface area contributed by atoms with Gasteiger partial charge in [0.25, 0.3) is 5.91 Å². The zero-order valence-electron chi connectivity index (χ0n) is 18.1. The van der Waals surface area contributed by atoms with E-state index in [9.17, 15) is 14.4 Å². The molecule has 0 spiro atoms. The molecule has 0 radical (unpaired) electrons. The number of hydrogen-bond donors (Lipinski definition) is 1. The number of urea groups is 1. The molecule has 32 heavy (non-hydrogen) atoms. The second kappa shape index (κ2) is 10.5. The van der Waals surface area contributed by atoms with Gasteiger partial charge >= 0.3 is 6.03 Å². The monoisotopic (exact) mass is 497 g/mol. The summed E-state index contributed by atoms with van der Waals surface area (Å²) in [4.78, 5) is 46.6. The molecule has 1 aromatic carbocycles. The van der Waals surface area contributed by atoms with Gasteiger partial charge in [-0.2, -0.15) is 0 Å².